The number of hydrogen-bond donors (Lipinski definition) is 0. The van der Waals surface area contributed by atoms with Crippen LogP contribution in [-0.2, 0) is 4.79 Å². The molecule has 0 saturated heterocycles. The summed E-state index contributed by atoms with van der Waals surface area (Å²) in [4.78, 5) is 22.3. The topological polar surface area (TPSA) is 50.5 Å². The van der Waals surface area contributed by atoms with Gasteiger partial charge in [-0.05, 0) is 27.2 Å². The molecule has 0 aromatic carbocycles. The van der Waals surface area contributed by atoms with Gasteiger partial charge < -0.3 is 9.32 Å². The molecule has 0 aliphatic heterocycles. The van der Waals surface area contributed by atoms with Crippen LogP contribution in [0.2, 0.25) is 0 Å². The van der Waals surface area contributed by atoms with Crippen LogP contribution in [0.3, 0.4) is 0 Å². The van der Waals surface area contributed by atoms with Gasteiger partial charge in [-0.2, -0.15) is 0 Å². The molecule has 0 saturated carbocycles. The zero-order valence-electron chi connectivity index (χ0n) is 7.98. The highest BCUT2D eigenvalue weighted by atomic mass is 16.3. The number of hydrogen-bond acceptors (Lipinski definition) is 4. The van der Waals surface area contributed by atoms with E-state index in [9.17, 15) is 9.59 Å². The van der Waals surface area contributed by atoms with Crippen molar-refractivity contribution in [1.29, 1.82) is 0 Å². The Hall–Kier alpha value is -1.42. The van der Waals surface area contributed by atoms with Gasteiger partial charge in [0.15, 0.2) is 6.29 Å². The van der Waals surface area contributed by atoms with Gasteiger partial charge in [-0.3, -0.25) is 9.59 Å². The Morgan fingerprint density at radius 1 is 1.46 bits per heavy atom. The number of aldehydes is 1. The minimum atomic E-state index is -0.552. The maximum absolute atomic E-state index is 10.4. The number of Topliss-reactive ketones (excluding diaryl/α,β-unsaturated/α-hetero) is 1. The number of nitrogens with zero attached hydrogens (tertiary/aromatic N) is 1. The van der Waals surface area contributed by atoms with Gasteiger partial charge in [0.25, 0.3) is 0 Å². The summed E-state index contributed by atoms with van der Waals surface area (Å²) < 4.78 is 4.56. The van der Waals surface area contributed by atoms with Crippen LogP contribution in [-0.4, -0.2) is 38.1 Å². The van der Waals surface area contributed by atoms with E-state index in [1.165, 1.54) is 18.6 Å². The second-order valence-electron chi connectivity index (χ2n) is 2.84. The lowest BCUT2D eigenvalue weighted by Crippen LogP contribution is -1.99. The summed E-state index contributed by atoms with van der Waals surface area (Å²) in [5.41, 5.74) is 0.296. The number of carbonyl (C=O) groups excluding carboxylic acids is 2. The van der Waals surface area contributed by atoms with Crippen molar-refractivity contribution in [2.24, 2.45) is 0 Å². The molecule has 1 aromatic heterocycles. The molecular formula is C9H13NO3. The molecule has 13 heavy (non-hydrogen) atoms. The minimum Gasteiger partial charge on any atom is -0.472 e. The standard InChI is InChI=1S/C6H4O3.C3H9N/c7-3-6(8)5-1-2-9-4-5;1-4(2)3/h1-4H;1-3H3. The fourth-order valence-electron chi connectivity index (χ4n) is 0.473. The zero-order chi connectivity index (χ0) is 10.3. The van der Waals surface area contributed by atoms with Crippen molar-refractivity contribution in [3.63, 3.8) is 0 Å². The molecule has 0 radical (unpaired) electrons. The summed E-state index contributed by atoms with van der Waals surface area (Å²) in [6, 6.07) is 1.44. The fraction of sp³-hybridized carbons (Fsp3) is 0.333. The molecule has 4 heteroatoms. The molecular weight excluding hydrogens is 170 g/mol. The normalized spacial score (nSPS) is 8.92. The van der Waals surface area contributed by atoms with Crippen molar-refractivity contribution in [2.45, 2.75) is 0 Å². The maximum atomic E-state index is 10.4. The van der Waals surface area contributed by atoms with Crippen LogP contribution >= 0.6 is 0 Å². The van der Waals surface area contributed by atoms with Crippen LogP contribution in [0.1, 0.15) is 10.4 Å². The third-order valence-corrected chi connectivity index (χ3v) is 0.913. The van der Waals surface area contributed by atoms with Gasteiger partial charge in [0.1, 0.15) is 6.26 Å². The number of furan rings is 1. The largest absolute Gasteiger partial charge is 0.472 e. The molecule has 0 amide bonds. The summed E-state index contributed by atoms with van der Waals surface area (Å²) in [7, 11) is 6.00. The van der Waals surface area contributed by atoms with Gasteiger partial charge in [-0.15, -0.1) is 0 Å². The first-order valence-electron chi connectivity index (χ1n) is 3.70. The monoisotopic (exact) mass is 183 g/mol. The Kier molecular flexibility index (Phi) is 5.47. The smallest absolute Gasteiger partial charge is 0.228 e. The number of rotatable bonds is 2. The van der Waals surface area contributed by atoms with Crippen molar-refractivity contribution in [3.8, 4) is 0 Å². The molecule has 0 N–H and O–H groups in total. The molecule has 72 valence electrons. The Bertz CT molecular complexity index is 249. The summed E-state index contributed by atoms with van der Waals surface area (Å²) >= 11 is 0. The molecule has 1 heterocycles. The van der Waals surface area contributed by atoms with Crippen LogP contribution in [0.5, 0.6) is 0 Å². The molecule has 0 bridgehead atoms. The highest BCUT2D eigenvalue weighted by molar-refractivity contribution is 6.33. The predicted octanol–water partition coefficient (Wildman–Crippen LogP) is 0.839. The quantitative estimate of drug-likeness (QED) is 0.387. The Morgan fingerprint density at radius 3 is 2.31 bits per heavy atom. The van der Waals surface area contributed by atoms with Crippen molar-refractivity contribution < 1.29 is 14.0 Å². The van der Waals surface area contributed by atoms with E-state index in [-0.39, 0.29) is 6.29 Å². The van der Waals surface area contributed by atoms with Gasteiger partial charge in [-0.25, -0.2) is 0 Å². The average Bonchev–Trinajstić information content (AvgIpc) is 2.54. The van der Waals surface area contributed by atoms with E-state index >= 15 is 0 Å². The third-order valence-electron chi connectivity index (χ3n) is 0.913. The summed E-state index contributed by atoms with van der Waals surface area (Å²) in [5.74, 6) is -0.552. The predicted molar refractivity (Wildman–Crippen MR) is 48.7 cm³/mol. The lowest BCUT2D eigenvalue weighted by molar-refractivity contribution is -0.104. The van der Waals surface area contributed by atoms with E-state index in [2.05, 4.69) is 4.42 Å². The SMILES string of the molecule is CN(C)C.O=CC(=O)c1ccoc1. The highest BCUT2D eigenvalue weighted by Gasteiger charge is 2.02. The van der Waals surface area contributed by atoms with Crippen LogP contribution in [0.15, 0.2) is 23.0 Å². The lowest BCUT2D eigenvalue weighted by Gasteiger charge is -1.90. The Morgan fingerprint density at radius 2 is 2.00 bits per heavy atom. The van der Waals surface area contributed by atoms with Crippen LogP contribution < -0.4 is 0 Å². The molecule has 1 rings (SSSR count). The number of carbonyl (C=O) groups is 2. The van der Waals surface area contributed by atoms with E-state index < -0.39 is 5.78 Å². The maximum Gasteiger partial charge on any atom is 0.228 e. The second-order valence-corrected chi connectivity index (χ2v) is 2.84. The molecule has 0 aliphatic carbocycles. The molecule has 0 fully saturated rings. The first kappa shape index (κ1) is 11.6. The van der Waals surface area contributed by atoms with Crippen molar-refractivity contribution in [1.82, 2.24) is 4.90 Å². The molecule has 4 nitrogen and oxygen atoms in total. The van der Waals surface area contributed by atoms with Crippen LogP contribution in [0.4, 0.5) is 0 Å². The van der Waals surface area contributed by atoms with E-state index in [0.29, 0.717) is 5.56 Å². The van der Waals surface area contributed by atoms with E-state index in [1.807, 2.05) is 26.0 Å². The zero-order valence-corrected chi connectivity index (χ0v) is 7.98. The van der Waals surface area contributed by atoms with Gasteiger partial charge in [0.2, 0.25) is 5.78 Å². The first-order valence-corrected chi connectivity index (χ1v) is 3.70. The Labute approximate surface area is 77.1 Å². The summed E-state index contributed by atoms with van der Waals surface area (Å²) in [6.45, 7) is 0. The van der Waals surface area contributed by atoms with E-state index in [0.717, 1.165) is 0 Å². The van der Waals surface area contributed by atoms with Gasteiger partial charge in [-0.1, -0.05) is 0 Å². The van der Waals surface area contributed by atoms with Gasteiger partial charge >= 0.3 is 0 Å². The molecule has 0 spiro atoms. The van der Waals surface area contributed by atoms with Crippen LogP contribution in [0, 0.1) is 0 Å². The second kappa shape index (κ2) is 6.14. The highest BCUT2D eigenvalue weighted by Crippen LogP contribution is 1.98. The molecule has 1 aromatic rings. The van der Waals surface area contributed by atoms with E-state index in [1.54, 1.807) is 0 Å². The first-order chi connectivity index (χ1) is 6.07. The minimum absolute atomic E-state index is 0.255. The Balaban J connectivity index is 0.000000310. The van der Waals surface area contributed by atoms with Gasteiger partial charge in [0, 0.05) is 0 Å². The van der Waals surface area contributed by atoms with Crippen molar-refractivity contribution in [2.75, 3.05) is 21.1 Å². The van der Waals surface area contributed by atoms with Crippen molar-refractivity contribution >= 4 is 12.1 Å². The van der Waals surface area contributed by atoms with Gasteiger partial charge in [0.05, 0.1) is 11.8 Å². The average molecular weight is 183 g/mol. The summed E-state index contributed by atoms with van der Waals surface area (Å²) in [5, 5.41) is 0. The molecule has 0 atom stereocenters. The molecule has 0 unspecified atom stereocenters. The van der Waals surface area contributed by atoms with Crippen LogP contribution in [0.25, 0.3) is 0 Å². The molecule has 0 aliphatic rings. The lowest BCUT2D eigenvalue weighted by atomic mass is 10.2. The summed E-state index contributed by atoms with van der Waals surface area (Å²) in [6.07, 6.45) is 2.83. The third kappa shape index (κ3) is 5.81. The fourth-order valence-corrected chi connectivity index (χ4v) is 0.473. The van der Waals surface area contributed by atoms with Crippen molar-refractivity contribution in [3.05, 3.63) is 24.2 Å². The number of ketones is 1. The van der Waals surface area contributed by atoms with E-state index in [4.69, 9.17) is 0 Å².